The molecular weight excluding hydrogens is 782 g/mol. The lowest BCUT2D eigenvalue weighted by Crippen LogP contribution is -2.32. The molecule has 63 heavy (non-hydrogen) atoms. The van der Waals surface area contributed by atoms with Gasteiger partial charge in [0.05, 0.1) is 33.4 Å². The first-order valence-electron chi connectivity index (χ1n) is 21.3. The summed E-state index contributed by atoms with van der Waals surface area (Å²) in [5.41, 5.74) is 12.1. The minimum atomic E-state index is -4.60. The highest BCUT2D eigenvalue weighted by Crippen LogP contribution is 2.63. The lowest BCUT2D eigenvalue weighted by Gasteiger charge is -2.41. The van der Waals surface area contributed by atoms with Gasteiger partial charge in [0.15, 0.2) is 0 Å². The van der Waals surface area contributed by atoms with Gasteiger partial charge in [0, 0.05) is 27.5 Å². The van der Waals surface area contributed by atoms with Crippen molar-refractivity contribution in [3.63, 3.8) is 0 Å². The molecule has 2 aliphatic rings. The lowest BCUT2D eigenvalue weighted by molar-refractivity contribution is -0.137. The minimum Gasteiger partial charge on any atom is -0.309 e. The Morgan fingerprint density at radius 2 is 0.984 bits per heavy atom. The number of rotatable bonds is 4. The Labute approximate surface area is 361 Å². The molecule has 0 saturated heterocycles. The minimum absolute atomic E-state index is 0.0648. The van der Waals surface area contributed by atoms with E-state index in [-0.39, 0.29) is 5.69 Å². The van der Waals surface area contributed by atoms with E-state index in [1.54, 1.807) is 12.1 Å². The Balaban J connectivity index is 1.20. The summed E-state index contributed by atoms with van der Waals surface area (Å²) in [4.78, 5) is 1.82. The van der Waals surface area contributed by atoms with Crippen molar-refractivity contribution in [2.75, 3.05) is 4.90 Å². The molecule has 1 spiro atoms. The van der Waals surface area contributed by atoms with E-state index in [1.807, 2.05) is 59.5 Å². The smallest absolute Gasteiger partial charge is 0.309 e. The molecule has 1 heterocycles. The van der Waals surface area contributed by atoms with Crippen molar-refractivity contribution >= 4 is 60.4 Å². The van der Waals surface area contributed by atoms with E-state index in [9.17, 15) is 0 Å². The molecular formula is C58H35F3N2. The van der Waals surface area contributed by atoms with Crippen LogP contribution in [-0.4, -0.2) is 4.57 Å². The molecule has 2 nitrogen and oxygen atoms in total. The summed E-state index contributed by atoms with van der Waals surface area (Å²) in [6, 6.07) is 71.7. The zero-order chi connectivity index (χ0) is 42.0. The molecule has 13 rings (SSSR count). The van der Waals surface area contributed by atoms with Crippen LogP contribution in [0.5, 0.6) is 0 Å². The molecule has 0 bridgehead atoms. The fraction of sp³-hybridized carbons (Fsp3) is 0.0345. The monoisotopic (exact) mass is 816 g/mol. The van der Waals surface area contributed by atoms with Gasteiger partial charge in [-0.3, -0.25) is 0 Å². The van der Waals surface area contributed by atoms with Crippen molar-refractivity contribution < 1.29 is 13.2 Å². The van der Waals surface area contributed by atoms with E-state index < -0.39 is 17.2 Å². The van der Waals surface area contributed by atoms with Gasteiger partial charge in [-0.2, -0.15) is 13.2 Å². The summed E-state index contributed by atoms with van der Waals surface area (Å²) in [7, 11) is 0. The van der Waals surface area contributed by atoms with Crippen LogP contribution in [0.25, 0.3) is 71.3 Å². The van der Waals surface area contributed by atoms with Crippen molar-refractivity contribution in [2.45, 2.75) is 11.6 Å². The number of alkyl halides is 3. The molecule has 0 aliphatic heterocycles. The van der Waals surface area contributed by atoms with Crippen LogP contribution in [0.4, 0.5) is 30.2 Å². The molecule has 2 aliphatic carbocycles. The molecule has 298 valence electrons. The average molecular weight is 817 g/mol. The van der Waals surface area contributed by atoms with Crippen LogP contribution in [0.15, 0.2) is 212 Å². The number of halogens is 3. The second-order valence-electron chi connectivity index (χ2n) is 16.7. The summed E-state index contributed by atoms with van der Waals surface area (Å²) in [5.74, 6) is 0. The first-order valence-corrected chi connectivity index (χ1v) is 21.3. The Morgan fingerprint density at radius 1 is 0.397 bits per heavy atom. The average Bonchev–Trinajstić information content (AvgIpc) is 3.82. The van der Waals surface area contributed by atoms with E-state index in [0.29, 0.717) is 11.4 Å². The van der Waals surface area contributed by atoms with E-state index in [1.165, 1.54) is 33.7 Å². The molecule has 0 radical (unpaired) electrons. The molecule has 0 fully saturated rings. The van der Waals surface area contributed by atoms with Gasteiger partial charge in [0.2, 0.25) is 0 Å². The van der Waals surface area contributed by atoms with Crippen molar-refractivity contribution in [3.05, 3.63) is 240 Å². The third-order valence-corrected chi connectivity index (χ3v) is 13.6. The molecule has 0 unspecified atom stereocenters. The Bertz CT molecular complexity index is 3640. The number of hydrogen-bond acceptors (Lipinski definition) is 1. The third-order valence-electron chi connectivity index (χ3n) is 13.6. The van der Waals surface area contributed by atoms with Crippen LogP contribution in [0.3, 0.4) is 0 Å². The zero-order valence-electron chi connectivity index (χ0n) is 33.7. The van der Waals surface area contributed by atoms with Crippen LogP contribution in [-0.2, 0) is 11.6 Å². The van der Waals surface area contributed by atoms with Crippen LogP contribution < -0.4 is 4.90 Å². The van der Waals surface area contributed by atoms with Gasteiger partial charge in [-0.05, 0) is 115 Å². The number of aromatic nitrogens is 1. The molecule has 11 aromatic rings. The quantitative estimate of drug-likeness (QED) is 0.172. The van der Waals surface area contributed by atoms with Gasteiger partial charge in [-0.1, -0.05) is 158 Å². The van der Waals surface area contributed by atoms with Crippen LogP contribution in [0.2, 0.25) is 0 Å². The first kappa shape index (κ1) is 35.8. The molecule has 1 aromatic heterocycles. The maximum absolute atomic E-state index is 15.2. The summed E-state index contributed by atoms with van der Waals surface area (Å²) in [6.07, 6.45) is -4.60. The summed E-state index contributed by atoms with van der Waals surface area (Å²) < 4.78 is 48.0. The number of para-hydroxylation sites is 3. The Hall–Kier alpha value is -7.89. The van der Waals surface area contributed by atoms with E-state index in [2.05, 4.69) is 138 Å². The van der Waals surface area contributed by atoms with Crippen LogP contribution in [0.1, 0.15) is 27.8 Å². The van der Waals surface area contributed by atoms with Crippen molar-refractivity contribution in [3.8, 4) is 27.9 Å². The van der Waals surface area contributed by atoms with Crippen molar-refractivity contribution in [1.82, 2.24) is 4.57 Å². The standard InChI is InChI=1S/C58H35F3N2/c59-58(60,61)48-27-11-13-30-53(48)63(51-31-14-17-36-16-4-5-20-39(36)51)38-32-33-42-45-35-54-56(43-23-8-12-29-52(43)62(54)37-18-2-1-3-19-37)44-24-15-28-49(55(44)45)57(50(42)34-38)46-25-9-6-21-40(46)41-22-7-10-26-47(41)57/h1-35H. The maximum atomic E-state index is 15.2. The summed E-state index contributed by atoms with van der Waals surface area (Å²) >= 11 is 0. The van der Waals surface area contributed by atoms with E-state index in [4.69, 9.17) is 0 Å². The number of hydrogen-bond donors (Lipinski definition) is 0. The lowest BCUT2D eigenvalue weighted by atomic mass is 9.61. The second-order valence-corrected chi connectivity index (χ2v) is 16.7. The number of anilines is 3. The highest BCUT2D eigenvalue weighted by Gasteiger charge is 2.50. The Morgan fingerprint density at radius 3 is 1.78 bits per heavy atom. The van der Waals surface area contributed by atoms with Gasteiger partial charge < -0.3 is 9.47 Å². The Kier molecular flexibility index (Phi) is 7.43. The molecule has 5 heteroatoms. The highest BCUT2D eigenvalue weighted by atomic mass is 19.4. The van der Waals surface area contributed by atoms with Crippen LogP contribution >= 0.6 is 0 Å². The zero-order valence-corrected chi connectivity index (χ0v) is 33.7. The predicted octanol–water partition coefficient (Wildman–Crippen LogP) is 15.9. The van der Waals surface area contributed by atoms with Gasteiger partial charge in [-0.15, -0.1) is 0 Å². The topological polar surface area (TPSA) is 8.17 Å². The molecule has 0 amide bonds. The number of fused-ring (bicyclic) bond motifs is 14. The van der Waals surface area contributed by atoms with Crippen molar-refractivity contribution in [2.24, 2.45) is 0 Å². The molecule has 0 saturated carbocycles. The maximum Gasteiger partial charge on any atom is 0.418 e. The summed E-state index contributed by atoms with van der Waals surface area (Å²) in [5, 5.41) is 6.51. The predicted molar refractivity (Wildman–Crippen MR) is 252 cm³/mol. The van der Waals surface area contributed by atoms with E-state index in [0.717, 1.165) is 72.0 Å². The highest BCUT2D eigenvalue weighted by molar-refractivity contribution is 6.26. The van der Waals surface area contributed by atoms with Gasteiger partial charge in [-0.25, -0.2) is 0 Å². The van der Waals surface area contributed by atoms with Gasteiger partial charge >= 0.3 is 6.18 Å². The fourth-order valence-electron chi connectivity index (χ4n) is 11.2. The fourth-order valence-corrected chi connectivity index (χ4v) is 11.2. The van der Waals surface area contributed by atoms with Crippen LogP contribution in [0, 0.1) is 0 Å². The normalized spacial score (nSPS) is 13.4. The summed E-state index contributed by atoms with van der Waals surface area (Å²) in [6.45, 7) is 0. The third kappa shape index (κ3) is 4.85. The number of benzene rings is 10. The van der Waals surface area contributed by atoms with E-state index >= 15 is 13.2 Å². The second kappa shape index (κ2) is 13.1. The molecule has 10 aromatic carbocycles. The SMILES string of the molecule is FC(F)(F)c1ccccc1N(c1ccc2c(c1)C1(c3ccccc3-c3ccccc31)c1cccc3c1c-2cc1c3c2ccccc2n1-c1ccccc1)c1cccc2ccccc12. The molecule has 0 N–H and O–H groups in total. The van der Waals surface area contributed by atoms with Crippen molar-refractivity contribution in [1.29, 1.82) is 0 Å². The van der Waals surface area contributed by atoms with Gasteiger partial charge in [0.25, 0.3) is 0 Å². The number of nitrogens with zero attached hydrogens (tertiary/aromatic N) is 2. The largest absolute Gasteiger partial charge is 0.418 e. The van der Waals surface area contributed by atoms with Gasteiger partial charge in [0.1, 0.15) is 0 Å². The first-order chi connectivity index (χ1) is 30.9. The molecule has 0 atom stereocenters.